The number of anilines is 1. The molecule has 2 rings (SSSR count). The van der Waals surface area contributed by atoms with Crippen molar-refractivity contribution in [1.29, 1.82) is 0 Å². The molecule has 0 amide bonds. The van der Waals surface area contributed by atoms with Crippen LogP contribution in [0.2, 0.25) is 0 Å². The molecule has 0 aliphatic heterocycles. The van der Waals surface area contributed by atoms with Crippen molar-refractivity contribution in [3.05, 3.63) is 55.6 Å². The predicted molar refractivity (Wildman–Crippen MR) is 86.8 cm³/mol. The summed E-state index contributed by atoms with van der Waals surface area (Å²) in [4.78, 5) is 0.0306. The number of hydrogen-bond acceptors (Lipinski definition) is 2. The Hall–Kier alpha value is -0.440. The number of halogens is 4. The van der Waals surface area contributed by atoms with Gasteiger partial charge in [0.2, 0.25) is 0 Å². The summed E-state index contributed by atoms with van der Waals surface area (Å²) in [5.41, 5.74) is -0.108. The van der Waals surface area contributed by atoms with Gasteiger partial charge in [-0.25, -0.2) is 12.8 Å². The molecule has 0 heterocycles. The fourth-order valence-electron chi connectivity index (χ4n) is 1.47. The maximum Gasteiger partial charge on any atom is 0.263 e. The van der Waals surface area contributed by atoms with E-state index in [4.69, 9.17) is 0 Å². The minimum absolute atomic E-state index is 0.0306. The van der Waals surface area contributed by atoms with Gasteiger partial charge in [0.25, 0.3) is 10.0 Å². The van der Waals surface area contributed by atoms with Crippen molar-refractivity contribution in [2.24, 2.45) is 0 Å². The van der Waals surface area contributed by atoms with Crippen molar-refractivity contribution in [3.8, 4) is 0 Å². The van der Waals surface area contributed by atoms with Crippen LogP contribution in [0.15, 0.2) is 54.7 Å². The van der Waals surface area contributed by atoms with Gasteiger partial charge in [-0.1, -0.05) is 31.9 Å². The number of hydrogen-bond donors (Lipinski definition) is 1. The van der Waals surface area contributed by atoms with E-state index in [9.17, 15) is 12.8 Å². The summed E-state index contributed by atoms with van der Waals surface area (Å²) in [7, 11) is -3.87. The average Bonchev–Trinajstić information content (AvgIpc) is 2.32. The molecule has 2 aromatic rings. The van der Waals surface area contributed by atoms with Crippen LogP contribution in [0.1, 0.15) is 0 Å². The molecule has 0 saturated heterocycles. The van der Waals surface area contributed by atoms with Gasteiger partial charge < -0.3 is 0 Å². The third-order valence-electron chi connectivity index (χ3n) is 2.36. The van der Waals surface area contributed by atoms with Gasteiger partial charge in [0.05, 0.1) is 5.69 Å². The topological polar surface area (TPSA) is 46.2 Å². The van der Waals surface area contributed by atoms with Crippen LogP contribution >= 0.6 is 47.8 Å². The lowest BCUT2D eigenvalue weighted by molar-refractivity contribution is 0.598. The molecule has 3 nitrogen and oxygen atoms in total. The van der Waals surface area contributed by atoms with E-state index in [1.807, 2.05) is 0 Å². The van der Waals surface area contributed by atoms with Gasteiger partial charge in [-0.2, -0.15) is 0 Å². The van der Waals surface area contributed by atoms with E-state index in [1.165, 1.54) is 18.2 Å². The molecule has 0 aliphatic rings. The van der Waals surface area contributed by atoms with Crippen molar-refractivity contribution in [2.45, 2.75) is 4.90 Å². The molecule has 0 spiro atoms. The minimum atomic E-state index is -3.87. The smallest absolute Gasteiger partial charge is 0.263 e. The molecule has 0 atom stereocenters. The zero-order valence-corrected chi connectivity index (χ0v) is 15.3. The molecular weight excluding hydrogens is 481 g/mol. The normalized spacial score (nSPS) is 11.4. The van der Waals surface area contributed by atoms with Gasteiger partial charge in [-0.15, -0.1) is 0 Å². The second-order valence-electron chi connectivity index (χ2n) is 3.80. The van der Waals surface area contributed by atoms with Crippen LogP contribution in [0.5, 0.6) is 0 Å². The Kier molecular flexibility index (Phi) is 4.88. The molecule has 0 bridgehead atoms. The summed E-state index contributed by atoms with van der Waals surface area (Å²) < 4.78 is 42.0. The Bertz CT molecular complexity index is 765. The molecule has 106 valence electrons. The highest BCUT2D eigenvalue weighted by Crippen LogP contribution is 2.28. The van der Waals surface area contributed by atoms with Gasteiger partial charge in [0.15, 0.2) is 0 Å². The van der Waals surface area contributed by atoms with Gasteiger partial charge in [0.1, 0.15) is 10.7 Å². The average molecular weight is 488 g/mol. The Balaban J connectivity index is 2.41. The highest BCUT2D eigenvalue weighted by molar-refractivity contribution is 9.11. The highest BCUT2D eigenvalue weighted by atomic mass is 79.9. The fraction of sp³-hybridized carbons (Fsp3) is 0. The van der Waals surface area contributed by atoms with Crippen molar-refractivity contribution < 1.29 is 12.8 Å². The largest absolute Gasteiger partial charge is 0.277 e. The summed E-state index contributed by atoms with van der Waals surface area (Å²) in [6.45, 7) is 0. The van der Waals surface area contributed by atoms with E-state index in [0.29, 0.717) is 8.95 Å². The number of rotatable bonds is 3. The predicted octanol–water partition coefficient (Wildman–Crippen LogP) is 4.91. The Morgan fingerprint density at radius 2 is 1.55 bits per heavy atom. The maximum atomic E-state index is 13.7. The molecule has 20 heavy (non-hydrogen) atoms. The van der Waals surface area contributed by atoms with Gasteiger partial charge in [-0.05, 0) is 52.3 Å². The summed E-state index contributed by atoms with van der Waals surface area (Å²) in [6.07, 6.45) is 0. The van der Waals surface area contributed by atoms with E-state index < -0.39 is 15.8 Å². The van der Waals surface area contributed by atoms with Crippen molar-refractivity contribution in [2.75, 3.05) is 4.72 Å². The first-order valence-corrected chi connectivity index (χ1v) is 9.09. The third-order valence-corrected chi connectivity index (χ3v) is 5.69. The molecule has 0 aromatic heterocycles. The molecule has 2 aromatic carbocycles. The lowest BCUT2D eigenvalue weighted by atomic mass is 10.3. The first kappa shape index (κ1) is 15.9. The van der Waals surface area contributed by atoms with Crippen LogP contribution in [0, 0.1) is 5.82 Å². The van der Waals surface area contributed by atoms with Gasteiger partial charge >= 0.3 is 0 Å². The summed E-state index contributed by atoms with van der Waals surface area (Å²) in [5, 5.41) is 0. The molecule has 0 saturated carbocycles. The van der Waals surface area contributed by atoms with Crippen LogP contribution in [0.4, 0.5) is 10.1 Å². The van der Waals surface area contributed by atoms with Crippen molar-refractivity contribution >= 4 is 63.5 Å². The monoisotopic (exact) mass is 485 g/mol. The van der Waals surface area contributed by atoms with Crippen LogP contribution in [-0.4, -0.2) is 8.42 Å². The summed E-state index contributed by atoms with van der Waals surface area (Å²) >= 11 is 9.53. The van der Waals surface area contributed by atoms with Crippen LogP contribution in [-0.2, 0) is 10.0 Å². The second-order valence-corrected chi connectivity index (χ2v) is 8.14. The molecule has 0 fully saturated rings. The minimum Gasteiger partial charge on any atom is -0.277 e. The number of sulfonamides is 1. The zero-order chi connectivity index (χ0) is 14.9. The molecule has 0 radical (unpaired) electrons. The molecule has 0 aliphatic carbocycles. The Morgan fingerprint density at radius 1 is 0.950 bits per heavy atom. The molecular formula is C12H7Br3FNO2S. The van der Waals surface area contributed by atoms with Gasteiger partial charge in [0, 0.05) is 13.4 Å². The van der Waals surface area contributed by atoms with E-state index in [1.54, 1.807) is 18.2 Å². The maximum absolute atomic E-state index is 13.7. The van der Waals surface area contributed by atoms with E-state index >= 15 is 0 Å². The first-order chi connectivity index (χ1) is 9.29. The third kappa shape index (κ3) is 3.60. The van der Waals surface area contributed by atoms with E-state index in [2.05, 4.69) is 52.5 Å². The van der Waals surface area contributed by atoms with Gasteiger partial charge in [-0.3, -0.25) is 4.72 Å². The quantitative estimate of drug-likeness (QED) is 0.668. The number of benzene rings is 2. The lowest BCUT2D eigenvalue weighted by Gasteiger charge is -2.10. The van der Waals surface area contributed by atoms with Crippen molar-refractivity contribution in [1.82, 2.24) is 0 Å². The first-order valence-electron chi connectivity index (χ1n) is 5.22. The number of nitrogens with one attached hydrogen (secondary N) is 1. The summed E-state index contributed by atoms with van der Waals surface area (Å²) in [6, 6.07) is 8.72. The zero-order valence-electron chi connectivity index (χ0n) is 9.70. The SMILES string of the molecule is O=S(=O)(Nc1ccc(Br)cc1F)c1ccc(Br)cc1Br. The van der Waals surface area contributed by atoms with Crippen LogP contribution < -0.4 is 4.72 Å². The molecule has 0 unspecified atom stereocenters. The highest BCUT2D eigenvalue weighted by Gasteiger charge is 2.19. The lowest BCUT2D eigenvalue weighted by Crippen LogP contribution is -2.14. The van der Waals surface area contributed by atoms with E-state index in [-0.39, 0.29) is 10.6 Å². The summed E-state index contributed by atoms with van der Waals surface area (Å²) in [5.74, 6) is -0.656. The van der Waals surface area contributed by atoms with Crippen LogP contribution in [0.25, 0.3) is 0 Å². The van der Waals surface area contributed by atoms with Crippen molar-refractivity contribution in [3.63, 3.8) is 0 Å². The van der Waals surface area contributed by atoms with Crippen LogP contribution in [0.3, 0.4) is 0 Å². The fourth-order valence-corrected chi connectivity index (χ4v) is 4.61. The standard InChI is InChI=1S/C12H7Br3FNO2S/c13-7-2-4-12(9(15)5-7)20(18,19)17-11-3-1-8(14)6-10(11)16/h1-6,17H. The molecule has 1 N–H and O–H groups in total. The van der Waals surface area contributed by atoms with E-state index in [0.717, 1.165) is 4.47 Å². The second kappa shape index (κ2) is 6.13. The Morgan fingerprint density at radius 3 is 2.15 bits per heavy atom. The molecule has 8 heteroatoms. The Labute approximate surface area is 141 Å².